The van der Waals surface area contributed by atoms with Crippen LogP contribution in [0.25, 0.3) is 0 Å². The fraction of sp³-hybridized carbons (Fsp3) is 0.333. The van der Waals surface area contributed by atoms with Crippen LogP contribution in [0.2, 0.25) is 0 Å². The fourth-order valence-electron chi connectivity index (χ4n) is 3.53. The van der Waals surface area contributed by atoms with E-state index in [4.69, 9.17) is 4.74 Å². The van der Waals surface area contributed by atoms with Crippen molar-refractivity contribution in [3.8, 4) is 5.75 Å². The van der Waals surface area contributed by atoms with Crippen LogP contribution in [0.3, 0.4) is 0 Å². The lowest BCUT2D eigenvalue weighted by molar-refractivity contribution is -0.119. The predicted octanol–water partition coefficient (Wildman–Crippen LogP) is 3.66. The van der Waals surface area contributed by atoms with E-state index in [1.807, 2.05) is 0 Å². The molecule has 29 heavy (non-hydrogen) atoms. The van der Waals surface area contributed by atoms with E-state index in [0.717, 1.165) is 31.2 Å². The van der Waals surface area contributed by atoms with Crippen LogP contribution in [0.4, 0.5) is 5.00 Å². The third-order valence-electron chi connectivity index (χ3n) is 5.20. The zero-order valence-corrected chi connectivity index (χ0v) is 17.2. The van der Waals surface area contributed by atoms with Crippen LogP contribution in [-0.2, 0) is 17.6 Å². The molecule has 1 N–H and O–H groups in total. The number of carbonyl (C=O) groups excluding carboxylic acids is 2. The second-order valence-corrected chi connectivity index (χ2v) is 8.12. The molecule has 2 aromatic heterocycles. The first kappa shape index (κ1) is 19.3. The Kier molecular flexibility index (Phi) is 5.44. The summed E-state index contributed by atoms with van der Waals surface area (Å²) >= 11 is 1.51. The first-order valence-electron chi connectivity index (χ1n) is 9.56. The molecule has 4 rings (SSSR count). The van der Waals surface area contributed by atoms with Crippen molar-refractivity contribution in [2.75, 3.05) is 12.4 Å². The lowest BCUT2D eigenvalue weighted by Crippen LogP contribution is -2.24. The van der Waals surface area contributed by atoms with Gasteiger partial charge in [-0.25, -0.2) is 9.67 Å². The van der Waals surface area contributed by atoms with Crippen molar-refractivity contribution < 1.29 is 14.3 Å². The fourth-order valence-corrected chi connectivity index (χ4v) is 4.82. The maximum Gasteiger partial charge on any atom is 0.249 e. The van der Waals surface area contributed by atoms with Crippen molar-refractivity contribution in [1.82, 2.24) is 14.8 Å². The summed E-state index contributed by atoms with van der Waals surface area (Å²) in [6.45, 7) is 1.75. The van der Waals surface area contributed by atoms with Gasteiger partial charge < -0.3 is 10.1 Å². The molecule has 1 atom stereocenters. The minimum Gasteiger partial charge on any atom is -0.497 e. The molecule has 0 saturated heterocycles. The zero-order chi connectivity index (χ0) is 20.4. The van der Waals surface area contributed by atoms with Crippen LogP contribution in [0.5, 0.6) is 5.75 Å². The molecule has 0 fully saturated rings. The summed E-state index contributed by atoms with van der Waals surface area (Å²) in [5, 5.41) is 7.63. The number of fused-ring (bicyclic) bond motifs is 1. The van der Waals surface area contributed by atoms with E-state index in [-0.39, 0.29) is 11.7 Å². The molecule has 8 heteroatoms. The van der Waals surface area contributed by atoms with Gasteiger partial charge in [0.15, 0.2) is 5.78 Å². The molecule has 1 aliphatic rings. The van der Waals surface area contributed by atoms with Gasteiger partial charge in [0.2, 0.25) is 5.91 Å². The third-order valence-corrected chi connectivity index (χ3v) is 6.41. The van der Waals surface area contributed by atoms with E-state index in [1.54, 1.807) is 38.3 Å². The Bertz CT molecular complexity index is 1030. The number of benzene rings is 1. The van der Waals surface area contributed by atoms with Crippen LogP contribution in [0.1, 0.15) is 52.2 Å². The minimum absolute atomic E-state index is 0.0734. The normalized spacial score (nSPS) is 14.1. The molecule has 0 spiro atoms. The van der Waals surface area contributed by atoms with Crippen LogP contribution < -0.4 is 10.1 Å². The van der Waals surface area contributed by atoms with Gasteiger partial charge in [0.25, 0.3) is 0 Å². The van der Waals surface area contributed by atoms with E-state index in [9.17, 15) is 9.59 Å². The van der Waals surface area contributed by atoms with Gasteiger partial charge in [-0.2, -0.15) is 5.10 Å². The number of nitrogens with one attached hydrogen (secondary N) is 1. The Balaban J connectivity index is 1.67. The molecule has 0 bridgehead atoms. The molecule has 1 amide bonds. The summed E-state index contributed by atoms with van der Waals surface area (Å²) in [5.74, 6) is 0.401. The molecule has 7 nitrogen and oxygen atoms in total. The number of anilines is 1. The molecule has 3 aromatic rings. The second kappa shape index (κ2) is 8.16. The van der Waals surface area contributed by atoms with E-state index in [1.165, 1.54) is 33.6 Å². The first-order valence-corrected chi connectivity index (χ1v) is 10.4. The van der Waals surface area contributed by atoms with E-state index in [2.05, 4.69) is 15.4 Å². The monoisotopic (exact) mass is 410 g/mol. The van der Waals surface area contributed by atoms with Crippen molar-refractivity contribution in [3.63, 3.8) is 0 Å². The van der Waals surface area contributed by atoms with E-state index >= 15 is 0 Å². The highest BCUT2D eigenvalue weighted by molar-refractivity contribution is 7.17. The molecular formula is C21H22N4O3S. The summed E-state index contributed by atoms with van der Waals surface area (Å²) in [6, 6.07) is 6.55. The Labute approximate surface area is 172 Å². The van der Waals surface area contributed by atoms with Gasteiger partial charge in [-0.3, -0.25) is 9.59 Å². The molecule has 0 radical (unpaired) electrons. The Morgan fingerprint density at radius 1 is 1.21 bits per heavy atom. The summed E-state index contributed by atoms with van der Waals surface area (Å²) in [7, 11) is 1.59. The number of methoxy groups -OCH3 is 1. The van der Waals surface area contributed by atoms with Gasteiger partial charge in [-0.1, -0.05) is 0 Å². The van der Waals surface area contributed by atoms with E-state index in [0.29, 0.717) is 21.9 Å². The number of nitrogens with zero attached hydrogens (tertiary/aromatic N) is 3. The predicted molar refractivity (Wildman–Crippen MR) is 111 cm³/mol. The number of ether oxygens (including phenoxy) is 1. The lowest BCUT2D eigenvalue weighted by Gasteiger charge is -2.14. The minimum atomic E-state index is -0.527. The molecule has 150 valence electrons. The smallest absolute Gasteiger partial charge is 0.249 e. The summed E-state index contributed by atoms with van der Waals surface area (Å²) in [5.41, 5.74) is 2.27. The standard InChI is InChI=1S/C21H22N4O3S/c1-13(25-12-22-11-23-25)20(27)24-21-18(16-5-3-4-6-17(16)29-21)19(26)14-7-9-15(28-2)10-8-14/h7-13H,3-6H2,1-2H3,(H,24,27). The van der Waals surface area contributed by atoms with Crippen molar-refractivity contribution in [1.29, 1.82) is 0 Å². The van der Waals surface area contributed by atoms with Gasteiger partial charge in [-0.05, 0) is 62.4 Å². The van der Waals surface area contributed by atoms with Gasteiger partial charge in [0.05, 0.1) is 12.7 Å². The topological polar surface area (TPSA) is 86.1 Å². The number of aromatic nitrogens is 3. The van der Waals surface area contributed by atoms with Crippen molar-refractivity contribution in [2.45, 2.75) is 38.6 Å². The maximum atomic E-state index is 13.4. The quantitative estimate of drug-likeness (QED) is 0.627. The van der Waals surface area contributed by atoms with Crippen LogP contribution >= 0.6 is 11.3 Å². The number of carbonyl (C=O) groups is 2. The summed E-state index contributed by atoms with van der Waals surface area (Å²) in [4.78, 5) is 31.3. The number of aryl methyl sites for hydroxylation is 1. The van der Waals surface area contributed by atoms with Crippen molar-refractivity contribution in [3.05, 3.63) is 58.5 Å². The summed E-state index contributed by atoms with van der Waals surface area (Å²) in [6.07, 6.45) is 6.86. The second-order valence-electron chi connectivity index (χ2n) is 7.01. The van der Waals surface area contributed by atoms with Gasteiger partial charge in [0, 0.05) is 10.4 Å². The van der Waals surface area contributed by atoms with Crippen LogP contribution in [-0.4, -0.2) is 33.6 Å². The molecular weight excluding hydrogens is 388 g/mol. The molecule has 0 saturated carbocycles. The zero-order valence-electron chi connectivity index (χ0n) is 16.3. The lowest BCUT2D eigenvalue weighted by atomic mass is 9.92. The van der Waals surface area contributed by atoms with Gasteiger partial charge in [-0.15, -0.1) is 11.3 Å². The van der Waals surface area contributed by atoms with Crippen LogP contribution in [0.15, 0.2) is 36.9 Å². The molecule has 1 aromatic carbocycles. The number of hydrogen-bond donors (Lipinski definition) is 1. The Morgan fingerprint density at radius 3 is 2.66 bits per heavy atom. The highest BCUT2D eigenvalue weighted by Gasteiger charge is 2.28. The number of thiophene rings is 1. The average Bonchev–Trinajstić information content (AvgIpc) is 3.40. The molecule has 1 aliphatic carbocycles. The molecule has 2 heterocycles. The maximum absolute atomic E-state index is 13.4. The average molecular weight is 410 g/mol. The molecule has 1 unspecified atom stereocenters. The Hall–Kier alpha value is -3.00. The third kappa shape index (κ3) is 3.80. The molecule has 0 aliphatic heterocycles. The van der Waals surface area contributed by atoms with Gasteiger partial charge >= 0.3 is 0 Å². The van der Waals surface area contributed by atoms with Crippen molar-refractivity contribution >= 4 is 28.0 Å². The first-order chi connectivity index (χ1) is 14.1. The van der Waals surface area contributed by atoms with E-state index < -0.39 is 6.04 Å². The number of rotatable bonds is 6. The number of ketones is 1. The SMILES string of the molecule is COc1ccc(C(=O)c2c(NC(=O)C(C)n3cncn3)sc3c2CCCC3)cc1. The highest BCUT2D eigenvalue weighted by Crippen LogP contribution is 2.39. The largest absolute Gasteiger partial charge is 0.497 e. The number of hydrogen-bond acceptors (Lipinski definition) is 6. The summed E-state index contributed by atoms with van der Waals surface area (Å²) < 4.78 is 6.68. The Morgan fingerprint density at radius 2 is 1.97 bits per heavy atom. The number of amides is 1. The van der Waals surface area contributed by atoms with Crippen LogP contribution in [0, 0.1) is 0 Å². The van der Waals surface area contributed by atoms with Gasteiger partial charge in [0.1, 0.15) is 29.4 Å². The highest BCUT2D eigenvalue weighted by atomic mass is 32.1. The van der Waals surface area contributed by atoms with Crippen molar-refractivity contribution in [2.24, 2.45) is 0 Å².